The van der Waals surface area contributed by atoms with Gasteiger partial charge in [-0.25, -0.2) is 0 Å². The van der Waals surface area contributed by atoms with Crippen molar-refractivity contribution in [1.29, 1.82) is 0 Å². The zero-order valence-electron chi connectivity index (χ0n) is 17.3. The van der Waals surface area contributed by atoms with Gasteiger partial charge in [-0.2, -0.15) is 0 Å². The highest BCUT2D eigenvalue weighted by Gasteiger charge is 2.53. The van der Waals surface area contributed by atoms with Gasteiger partial charge in [0.2, 0.25) is 0 Å². The summed E-state index contributed by atoms with van der Waals surface area (Å²) in [6, 6.07) is 17.7. The maximum Gasteiger partial charge on any atom is 0.160 e. The van der Waals surface area contributed by atoms with E-state index in [9.17, 15) is 0 Å². The second-order valence-electron chi connectivity index (χ2n) is 9.37. The number of hydrogen-bond donors (Lipinski definition) is 1. The van der Waals surface area contributed by atoms with E-state index in [-0.39, 0.29) is 0 Å². The zero-order chi connectivity index (χ0) is 19.5. The van der Waals surface area contributed by atoms with Gasteiger partial charge in [-0.3, -0.25) is 0 Å². The first-order chi connectivity index (χ1) is 13.5. The van der Waals surface area contributed by atoms with Crippen LogP contribution in [0.15, 0.2) is 72.3 Å². The van der Waals surface area contributed by atoms with Crippen molar-refractivity contribution in [2.45, 2.75) is 38.9 Å². The first-order valence-corrected chi connectivity index (χ1v) is 13.6. The Kier molecular flexibility index (Phi) is 4.06. The molecule has 3 aliphatic rings. The summed E-state index contributed by atoms with van der Waals surface area (Å²) in [7, 11) is -1.86. The Hall–Kier alpha value is -2.26. The number of fused-ring (bicyclic) bond motifs is 3. The van der Waals surface area contributed by atoms with Crippen LogP contribution in [0, 0.1) is 17.8 Å². The van der Waals surface area contributed by atoms with Crippen molar-refractivity contribution in [1.82, 2.24) is 0 Å². The predicted octanol–water partition coefficient (Wildman–Crippen LogP) is 7.25. The minimum absolute atomic E-state index is 0.677. The van der Waals surface area contributed by atoms with Crippen molar-refractivity contribution in [2.75, 3.05) is 9.88 Å². The minimum Gasteiger partial charge on any atom is -0.366 e. The van der Waals surface area contributed by atoms with E-state index in [0.29, 0.717) is 5.92 Å². The monoisotopic (exact) mass is 386 g/mol. The molecule has 0 aromatic heterocycles. The van der Waals surface area contributed by atoms with Crippen LogP contribution >= 0.6 is 0 Å². The van der Waals surface area contributed by atoms with Crippen LogP contribution in [-0.2, 0) is 0 Å². The average Bonchev–Trinajstić information content (AvgIpc) is 3.04. The van der Waals surface area contributed by atoms with Crippen LogP contribution in [0.2, 0.25) is 18.6 Å². The first kappa shape index (κ1) is 17.8. The Morgan fingerprint density at radius 3 is 2.21 bits per heavy atom. The largest absolute Gasteiger partial charge is 0.366 e. The van der Waals surface area contributed by atoms with Crippen LogP contribution in [0.3, 0.4) is 0 Å². The van der Waals surface area contributed by atoms with Gasteiger partial charge >= 0.3 is 0 Å². The molecule has 3 heteroatoms. The van der Waals surface area contributed by atoms with Gasteiger partial charge in [-0.05, 0) is 60.9 Å². The summed E-state index contributed by atoms with van der Waals surface area (Å²) in [5, 5.41) is 3.67. The Morgan fingerprint density at radius 2 is 1.57 bits per heavy atom. The summed E-state index contributed by atoms with van der Waals surface area (Å²) >= 11 is 0. The SMILES string of the molecule is CC1=CC=CC2C1CC(C)C2[Si](C)(C)N1c2ccccc2Nc2ccccc21. The van der Waals surface area contributed by atoms with Crippen LogP contribution in [-0.4, -0.2) is 8.24 Å². The van der Waals surface area contributed by atoms with E-state index in [1.807, 2.05) is 0 Å². The second kappa shape index (κ2) is 6.38. The third-order valence-corrected chi connectivity index (χ3v) is 11.6. The molecule has 0 amide bonds. The molecular formula is C25H30N2Si. The summed E-state index contributed by atoms with van der Waals surface area (Å²) in [5.74, 6) is 2.15. The molecule has 0 radical (unpaired) electrons. The zero-order valence-corrected chi connectivity index (χ0v) is 18.3. The van der Waals surface area contributed by atoms with Crippen LogP contribution in [0.25, 0.3) is 0 Å². The van der Waals surface area contributed by atoms with Gasteiger partial charge in [0.05, 0.1) is 22.7 Å². The minimum atomic E-state index is -1.86. The van der Waals surface area contributed by atoms with Gasteiger partial charge in [0.15, 0.2) is 8.24 Å². The van der Waals surface area contributed by atoms with Gasteiger partial charge in [0.1, 0.15) is 0 Å². The summed E-state index contributed by atoms with van der Waals surface area (Å²) in [5.41, 5.74) is 7.48. The fourth-order valence-electron chi connectivity index (χ4n) is 6.30. The van der Waals surface area contributed by atoms with E-state index in [2.05, 4.69) is 104 Å². The van der Waals surface area contributed by atoms with Crippen molar-refractivity contribution >= 4 is 31.0 Å². The van der Waals surface area contributed by atoms with Crippen molar-refractivity contribution in [2.24, 2.45) is 17.8 Å². The molecule has 1 N–H and O–H groups in total. The Morgan fingerprint density at radius 1 is 0.964 bits per heavy atom. The molecule has 4 unspecified atom stereocenters. The summed E-state index contributed by atoms with van der Waals surface area (Å²) in [6.07, 6.45) is 8.49. The number of benzene rings is 2. The number of nitrogens with zero attached hydrogens (tertiary/aromatic N) is 1. The molecular weight excluding hydrogens is 356 g/mol. The molecule has 1 heterocycles. The highest BCUT2D eigenvalue weighted by molar-refractivity contribution is 6.84. The lowest BCUT2D eigenvalue weighted by molar-refractivity contribution is 0.516. The molecule has 2 nitrogen and oxygen atoms in total. The Labute approximate surface area is 170 Å². The Balaban J connectivity index is 1.64. The van der Waals surface area contributed by atoms with Crippen LogP contribution in [0.5, 0.6) is 0 Å². The van der Waals surface area contributed by atoms with Crippen LogP contribution < -0.4 is 9.88 Å². The molecule has 2 aliphatic carbocycles. The van der Waals surface area contributed by atoms with Gasteiger partial charge in [0.25, 0.3) is 0 Å². The lowest BCUT2D eigenvalue weighted by Gasteiger charge is -2.49. The third kappa shape index (κ3) is 2.52. The maximum atomic E-state index is 3.67. The average molecular weight is 387 g/mol. The standard InChI is InChI=1S/C25H30N2Si/c1-17-10-9-11-19-20(17)16-18(2)25(19)28(3,4)27-23-14-7-5-12-21(23)26-22-13-6-8-15-24(22)27/h5-15,18-20,25-26H,16H2,1-4H3. The third-order valence-electron chi connectivity index (χ3n) is 7.35. The van der Waals surface area contributed by atoms with Crippen LogP contribution in [0.4, 0.5) is 22.7 Å². The molecule has 144 valence electrons. The normalized spacial score (nSPS) is 28.1. The highest BCUT2D eigenvalue weighted by atomic mass is 28.3. The second-order valence-corrected chi connectivity index (χ2v) is 13.8. The molecule has 0 saturated heterocycles. The van der Waals surface area contributed by atoms with Crippen molar-refractivity contribution in [3.63, 3.8) is 0 Å². The lowest BCUT2D eigenvalue weighted by atomic mass is 9.85. The predicted molar refractivity (Wildman–Crippen MR) is 123 cm³/mol. The number of rotatable bonds is 2. The van der Waals surface area contributed by atoms with E-state index in [4.69, 9.17) is 0 Å². The molecule has 1 aliphatic heterocycles. The van der Waals surface area contributed by atoms with Gasteiger partial charge in [-0.15, -0.1) is 0 Å². The van der Waals surface area contributed by atoms with E-state index in [1.54, 1.807) is 5.57 Å². The molecule has 28 heavy (non-hydrogen) atoms. The van der Waals surface area contributed by atoms with Crippen molar-refractivity contribution in [3.05, 3.63) is 72.3 Å². The van der Waals surface area contributed by atoms with Gasteiger partial charge in [0, 0.05) is 0 Å². The van der Waals surface area contributed by atoms with Crippen molar-refractivity contribution in [3.8, 4) is 0 Å². The highest BCUT2D eigenvalue weighted by Crippen LogP contribution is 2.58. The first-order valence-electron chi connectivity index (χ1n) is 10.6. The number of allylic oxidation sites excluding steroid dienone is 4. The number of anilines is 4. The fourth-order valence-corrected chi connectivity index (χ4v) is 11.0. The molecule has 2 aromatic rings. The van der Waals surface area contributed by atoms with E-state index < -0.39 is 8.24 Å². The summed E-state index contributed by atoms with van der Waals surface area (Å²) < 4.78 is 2.75. The molecule has 4 atom stereocenters. The molecule has 2 aromatic carbocycles. The van der Waals surface area contributed by atoms with Crippen molar-refractivity contribution < 1.29 is 0 Å². The molecule has 0 spiro atoms. The van der Waals surface area contributed by atoms with Gasteiger partial charge in [-0.1, -0.05) is 68.1 Å². The van der Waals surface area contributed by atoms with E-state index in [1.165, 1.54) is 29.2 Å². The molecule has 1 fully saturated rings. The Bertz CT molecular complexity index is 929. The number of para-hydroxylation sites is 4. The fraction of sp³-hybridized carbons (Fsp3) is 0.360. The number of hydrogen-bond acceptors (Lipinski definition) is 2. The van der Waals surface area contributed by atoms with Crippen LogP contribution in [0.1, 0.15) is 20.3 Å². The quantitative estimate of drug-likeness (QED) is 0.547. The van der Waals surface area contributed by atoms with E-state index >= 15 is 0 Å². The van der Waals surface area contributed by atoms with Gasteiger partial charge < -0.3 is 9.88 Å². The number of nitrogens with one attached hydrogen (secondary N) is 1. The summed E-state index contributed by atoms with van der Waals surface area (Å²) in [4.78, 5) is 0. The molecule has 0 bridgehead atoms. The smallest absolute Gasteiger partial charge is 0.160 e. The molecule has 5 rings (SSSR count). The lowest BCUT2D eigenvalue weighted by Crippen LogP contribution is -2.53. The maximum absolute atomic E-state index is 3.67. The van der Waals surface area contributed by atoms with E-state index in [0.717, 1.165) is 17.4 Å². The summed E-state index contributed by atoms with van der Waals surface area (Å²) in [6.45, 7) is 10.0. The molecule has 1 saturated carbocycles. The topological polar surface area (TPSA) is 15.3 Å².